The third-order valence-electron chi connectivity index (χ3n) is 1.32. The van der Waals surface area contributed by atoms with E-state index in [2.05, 4.69) is 4.98 Å². The number of nitrogens with one attached hydrogen (secondary N) is 1. The minimum atomic E-state index is -4.67. The summed E-state index contributed by atoms with van der Waals surface area (Å²) in [4.78, 5) is 13.2. The van der Waals surface area contributed by atoms with Crippen molar-refractivity contribution in [1.82, 2.24) is 4.98 Å². The van der Waals surface area contributed by atoms with Crippen LogP contribution in [-0.4, -0.2) is 16.2 Å². The number of alkyl halides is 3. The number of hydrogen-bond acceptors (Lipinski definition) is 2. The van der Waals surface area contributed by atoms with Crippen molar-refractivity contribution < 1.29 is 23.1 Å². The second kappa shape index (κ2) is 3.52. The Morgan fingerprint density at radius 2 is 2.14 bits per heavy atom. The van der Waals surface area contributed by atoms with Gasteiger partial charge in [0.05, 0.1) is 5.69 Å². The molecule has 0 aromatic carbocycles. The normalized spacial score (nSPS) is 11.1. The third-order valence-corrected chi connectivity index (χ3v) is 1.32. The SMILES string of the molecule is O=C(O)Nc1cccnc1C(F)(F)F. The fraction of sp³-hybridized carbons (Fsp3) is 0.143. The van der Waals surface area contributed by atoms with Crippen LogP contribution in [0.15, 0.2) is 18.3 Å². The molecule has 1 amide bonds. The summed E-state index contributed by atoms with van der Waals surface area (Å²) >= 11 is 0. The third kappa shape index (κ3) is 2.35. The molecule has 14 heavy (non-hydrogen) atoms. The predicted octanol–water partition coefficient (Wildman–Crippen LogP) is 2.19. The second-order valence-corrected chi connectivity index (χ2v) is 2.33. The van der Waals surface area contributed by atoms with Gasteiger partial charge in [-0.15, -0.1) is 0 Å². The largest absolute Gasteiger partial charge is 0.465 e. The molecule has 1 rings (SSSR count). The first-order valence-corrected chi connectivity index (χ1v) is 3.43. The molecule has 1 aromatic heterocycles. The Balaban J connectivity index is 3.10. The van der Waals surface area contributed by atoms with Gasteiger partial charge in [-0.1, -0.05) is 0 Å². The summed E-state index contributed by atoms with van der Waals surface area (Å²) in [6, 6.07) is 2.20. The summed E-state index contributed by atoms with van der Waals surface area (Å²) in [6.07, 6.45) is -5.29. The Bertz CT molecular complexity index is 351. The second-order valence-electron chi connectivity index (χ2n) is 2.33. The predicted molar refractivity (Wildman–Crippen MR) is 40.9 cm³/mol. The molecule has 0 aliphatic carbocycles. The molecular weight excluding hydrogens is 201 g/mol. The Hall–Kier alpha value is -1.79. The lowest BCUT2D eigenvalue weighted by Gasteiger charge is -2.09. The maximum absolute atomic E-state index is 12.2. The van der Waals surface area contributed by atoms with E-state index in [9.17, 15) is 18.0 Å². The van der Waals surface area contributed by atoms with Crippen molar-refractivity contribution in [3.05, 3.63) is 24.0 Å². The van der Waals surface area contributed by atoms with Gasteiger partial charge in [0.1, 0.15) is 0 Å². The standard InChI is InChI=1S/C7H5F3N2O2/c8-7(9,10)5-4(12-6(13)14)2-1-3-11-5/h1-3,12H,(H,13,14). The van der Waals surface area contributed by atoms with Gasteiger partial charge in [0.15, 0.2) is 5.69 Å². The van der Waals surface area contributed by atoms with Crippen LogP contribution in [0.3, 0.4) is 0 Å². The van der Waals surface area contributed by atoms with E-state index < -0.39 is 23.7 Å². The zero-order valence-electron chi connectivity index (χ0n) is 6.67. The van der Waals surface area contributed by atoms with Gasteiger partial charge >= 0.3 is 12.3 Å². The molecule has 0 unspecified atom stereocenters. The van der Waals surface area contributed by atoms with E-state index in [-0.39, 0.29) is 0 Å². The summed E-state index contributed by atoms with van der Waals surface area (Å²) < 4.78 is 36.6. The van der Waals surface area contributed by atoms with Crippen LogP contribution >= 0.6 is 0 Å². The average molecular weight is 206 g/mol. The first-order chi connectivity index (χ1) is 6.41. The van der Waals surface area contributed by atoms with Crippen LogP contribution in [0, 0.1) is 0 Å². The molecule has 0 fully saturated rings. The van der Waals surface area contributed by atoms with Gasteiger partial charge in [-0.05, 0) is 12.1 Å². The van der Waals surface area contributed by atoms with E-state index in [0.717, 1.165) is 12.3 Å². The van der Waals surface area contributed by atoms with Crippen molar-refractivity contribution in [2.75, 3.05) is 5.32 Å². The summed E-state index contributed by atoms with van der Waals surface area (Å²) in [5, 5.41) is 9.86. The van der Waals surface area contributed by atoms with E-state index in [1.54, 1.807) is 5.32 Å². The van der Waals surface area contributed by atoms with Crippen LogP contribution in [0.5, 0.6) is 0 Å². The average Bonchev–Trinajstić information content (AvgIpc) is 2.01. The summed E-state index contributed by atoms with van der Waals surface area (Å²) in [6.45, 7) is 0. The number of anilines is 1. The van der Waals surface area contributed by atoms with Crippen molar-refractivity contribution in [2.45, 2.75) is 6.18 Å². The maximum Gasteiger partial charge on any atom is 0.435 e. The monoisotopic (exact) mass is 206 g/mol. The molecule has 1 aromatic rings. The number of hydrogen-bond donors (Lipinski definition) is 2. The first kappa shape index (κ1) is 10.3. The Kier molecular flexibility index (Phi) is 2.59. The number of pyridine rings is 1. The van der Waals surface area contributed by atoms with Crippen molar-refractivity contribution >= 4 is 11.8 Å². The fourth-order valence-corrected chi connectivity index (χ4v) is 0.847. The van der Waals surface area contributed by atoms with Crippen LogP contribution in [0.25, 0.3) is 0 Å². The zero-order chi connectivity index (χ0) is 10.8. The van der Waals surface area contributed by atoms with E-state index in [4.69, 9.17) is 5.11 Å². The van der Waals surface area contributed by atoms with E-state index in [0.29, 0.717) is 0 Å². The van der Waals surface area contributed by atoms with Crippen molar-refractivity contribution in [3.63, 3.8) is 0 Å². The van der Waals surface area contributed by atoms with Crippen LogP contribution in [0.4, 0.5) is 23.7 Å². The molecule has 0 spiro atoms. The fourth-order valence-electron chi connectivity index (χ4n) is 0.847. The lowest BCUT2D eigenvalue weighted by Crippen LogP contribution is -2.15. The number of amides is 1. The van der Waals surface area contributed by atoms with E-state index in [1.807, 2.05) is 0 Å². The molecular formula is C7H5F3N2O2. The topological polar surface area (TPSA) is 62.2 Å². The van der Waals surface area contributed by atoms with Gasteiger partial charge in [0, 0.05) is 6.20 Å². The lowest BCUT2D eigenvalue weighted by molar-refractivity contribution is -0.140. The van der Waals surface area contributed by atoms with Crippen molar-refractivity contribution in [1.29, 1.82) is 0 Å². The molecule has 2 N–H and O–H groups in total. The van der Waals surface area contributed by atoms with Crippen LogP contribution in [-0.2, 0) is 6.18 Å². The lowest BCUT2D eigenvalue weighted by atomic mass is 10.3. The van der Waals surface area contributed by atoms with E-state index in [1.165, 1.54) is 6.07 Å². The van der Waals surface area contributed by atoms with Crippen LogP contribution < -0.4 is 5.32 Å². The molecule has 1 heterocycles. The summed E-state index contributed by atoms with van der Waals surface area (Å²) in [5.74, 6) is 0. The Morgan fingerprint density at radius 3 is 2.64 bits per heavy atom. The van der Waals surface area contributed by atoms with Crippen LogP contribution in [0.1, 0.15) is 5.69 Å². The number of carbonyl (C=O) groups is 1. The number of carboxylic acid groups (broad SMARTS) is 1. The smallest absolute Gasteiger partial charge is 0.435 e. The highest BCUT2D eigenvalue weighted by Crippen LogP contribution is 2.32. The molecule has 0 bridgehead atoms. The molecule has 7 heteroatoms. The summed E-state index contributed by atoms with van der Waals surface area (Å²) in [7, 11) is 0. The molecule has 0 saturated carbocycles. The number of nitrogens with zero attached hydrogens (tertiary/aromatic N) is 1. The molecule has 4 nitrogen and oxygen atoms in total. The molecule has 0 atom stereocenters. The van der Waals surface area contributed by atoms with Gasteiger partial charge in [-0.25, -0.2) is 9.78 Å². The Labute approximate surface area is 76.4 Å². The van der Waals surface area contributed by atoms with E-state index >= 15 is 0 Å². The van der Waals surface area contributed by atoms with Gasteiger partial charge in [-0.2, -0.15) is 13.2 Å². The summed E-state index contributed by atoms with van der Waals surface area (Å²) in [5.41, 5.74) is -1.82. The number of rotatable bonds is 1. The minimum Gasteiger partial charge on any atom is -0.465 e. The minimum absolute atomic E-state index is 0.576. The van der Waals surface area contributed by atoms with Crippen molar-refractivity contribution in [2.24, 2.45) is 0 Å². The molecule has 0 aliphatic rings. The molecule has 0 aliphatic heterocycles. The first-order valence-electron chi connectivity index (χ1n) is 3.43. The van der Waals surface area contributed by atoms with Gasteiger partial charge < -0.3 is 5.11 Å². The zero-order valence-corrected chi connectivity index (χ0v) is 6.67. The highest BCUT2D eigenvalue weighted by Gasteiger charge is 2.35. The Morgan fingerprint density at radius 1 is 1.50 bits per heavy atom. The van der Waals surface area contributed by atoms with Crippen LogP contribution in [0.2, 0.25) is 0 Å². The maximum atomic E-state index is 12.2. The number of halogens is 3. The van der Waals surface area contributed by atoms with Gasteiger partial charge in [0.25, 0.3) is 0 Å². The molecule has 0 radical (unpaired) electrons. The number of aromatic nitrogens is 1. The quantitative estimate of drug-likeness (QED) is 0.740. The molecule has 0 saturated heterocycles. The molecule has 76 valence electrons. The van der Waals surface area contributed by atoms with Gasteiger partial charge in [-0.3, -0.25) is 5.32 Å². The van der Waals surface area contributed by atoms with Gasteiger partial charge in [0.2, 0.25) is 0 Å². The highest BCUT2D eigenvalue weighted by atomic mass is 19.4. The highest BCUT2D eigenvalue weighted by molar-refractivity contribution is 5.83. The van der Waals surface area contributed by atoms with Crippen molar-refractivity contribution in [3.8, 4) is 0 Å².